The van der Waals surface area contributed by atoms with Gasteiger partial charge in [-0.1, -0.05) is 20.8 Å². The Hall–Kier alpha value is -3.07. The number of carbonyl (C=O) groups is 1. The number of nitrogens with one attached hydrogen (secondary N) is 1. The van der Waals surface area contributed by atoms with E-state index in [9.17, 15) is 4.79 Å². The van der Waals surface area contributed by atoms with Crippen molar-refractivity contribution in [3.05, 3.63) is 46.1 Å². The van der Waals surface area contributed by atoms with Crippen LogP contribution in [0.25, 0.3) is 0 Å². The second-order valence-corrected chi connectivity index (χ2v) is 11.2. The quantitative estimate of drug-likeness (QED) is 0.503. The number of allylic oxidation sites excluding steroid dienone is 2. The fourth-order valence-electron chi connectivity index (χ4n) is 5.74. The van der Waals surface area contributed by atoms with E-state index < -0.39 is 5.82 Å². The molecule has 1 aromatic carbocycles. The number of Topliss-reactive ketones (excluding diaryl/α,β-unsaturated/α-hetero) is 1. The van der Waals surface area contributed by atoms with E-state index in [1.54, 1.807) is 14.2 Å². The molecule has 1 unspecified atom stereocenters. The molecular formula is C30H43FN4O4. The molecule has 1 saturated heterocycles. The van der Waals surface area contributed by atoms with Gasteiger partial charge in [0.25, 0.3) is 0 Å². The summed E-state index contributed by atoms with van der Waals surface area (Å²) in [4.78, 5) is 22.5. The maximum atomic E-state index is 15.7. The van der Waals surface area contributed by atoms with Crippen LogP contribution in [0.5, 0.6) is 11.5 Å². The maximum absolute atomic E-state index is 15.7. The number of ether oxygens (including phenoxy) is 3. The number of halogens is 1. The molecule has 0 bridgehead atoms. The molecule has 1 N–H and O–H groups in total. The average Bonchev–Trinajstić information content (AvgIpc) is 3.27. The van der Waals surface area contributed by atoms with Gasteiger partial charge in [0.05, 0.1) is 38.1 Å². The summed E-state index contributed by atoms with van der Waals surface area (Å²) in [5.74, 6) is 1.45. The third kappa shape index (κ3) is 5.78. The first-order valence-corrected chi connectivity index (χ1v) is 13.9. The minimum absolute atomic E-state index is 0.0106. The lowest BCUT2D eigenvalue weighted by Crippen LogP contribution is -2.44. The Morgan fingerprint density at radius 1 is 1.18 bits per heavy atom. The predicted molar refractivity (Wildman–Crippen MR) is 151 cm³/mol. The summed E-state index contributed by atoms with van der Waals surface area (Å²) in [5, 5.41) is 3.40. The van der Waals surface area contributed by atoms with Crippen molar-refractivity contribution in [3.8, 4) is 11.5 Å². The number of aliphatic imine (C=N–C) groups is 1. The summed E-state index contributed by atoms with van der Waals surface area (Å²) in [6.45, 7) is 14.9. The molecule has 39 heavy (non-hydrogen) atoms. The van der Waals surface area contributed by atoms with Gasteiger partial charge in [-0.2, -0.15) is 0 Å². The summed E-state index contributed by atoms with van der Waals surface area (Å²) in [6, 6.07) is 1.81. The fraction of sp³-hybridized carbons (Fsp3) is 0.600. The summed E-state index contributed by atoms with van der Waals surface area (Å²) in [5.41, 5.74) is 2.78. The van der Waals surface area contributed by atoms with E-state index in [2.05, 4.69) is 36.0 Å². The molecule has 2 aliphatic heterocycles. The number of piperazine rings is 1. The lowest BCUT2D eigenvalue weighted by atomic mass is 9.72. The minimum atomic E-state index is -0.494. The molecule has 1 atom stereocenters. The highest BCUT2D eigenvalue weighted by molar-refractivity contribution is 6.07. The minimum Gasteiger partial charge on any atom is -0.499 e. The third-order valence-corrected chi connectivity index (χ3v) is 7.67. The molecule has 3 aliphatic rings. The van der Waals surface area contributed by atoms with Gasteiger partial charge in [-0.3, -0.25) is 9.79 Å². The number of benzene rings is 1. The summed E-state index contributed by atoms with van der Waals surface area (Å²) in [7, 11) is 3.35. The van der Waals surface area contributed by atoms with E-state index in [-0.39, 0.29) is 29.4 Å². The standard InChI is InChI=1S/C30H43FN4O4/c1-8-38-24-16-20-17-35(29(32-6)25(20)26(31)28(24)39-9-2)18-23(36)19-14-21(30(3,4)5)27(37-7)22(15-19)34-12-10-33-11-13-34/h15-16,21,33H,8-14,17-18H2,1-7H3. The van der Waals surface area contributed by atoms with Crippen LogP contribution in [0, 0.1) is 17.2 Å². The average molecular weight is 543 g/mol. The first-order valence-electron chi connectivity index (χ1n) is 13.9. The number of fused-ring (bicyclic) bond motifs is 1. The van der Waals surface area contributed by atoms with Gasteiger partial charge in [-0.25, -0.2) is 4.39 Å². The molecule has 8 nitrogen and oxygen atoms in total. The Balaban J connectivity index is 1.65. The van der Waals surface area contributed by atoms with E-state index in [1.165, 1.54) is 0 Å². The second kappa shape index (κ2) is 12.0. The Labute approximate surface area is 231 Å². The van der Waals surface area contributed by atoms with E-state index in [1.807, 2.05) is 30.9 Å². The molecule has 2 heterocycles. The highest BCUT2D eigenvalue weighted by Gasteiger charge is 2.39. The largest absolute Gasteiger partial charge is 0.499 e. The molecule has 0 aromatic heterocycles. The molecule has 1 fully saturated rings. The SMILES string of the molecule is CCOc1cc2c(c(F)c1OCC)C(=NC)N(CC(=O)C1=CC(N3CCNCC3)=C(OC)C(C(C)(C)C)C1)C2. The molecule has 1 aromatic rings. The zero-order chi connectivity index (χ0) is 28.3. The number of methoxy groups -OCH3 is 1. The number of hydrogen-bond acceptors (Lipinski definition) is 7. The van der Waals surface area contributed by atoms with Crippen molar-refractivity contribution in [2.24, 2.45) is 16.3 Å². The number of ketones is 1. The van der Waals surface area contributed by atoms with Crippen molar-refractivity contribution in [2.75, 3.05) is 60.1 Å². The molecule has 0 saturated carbocycles. The Bertz CT molecular complexity index is 1180. The highest BCUT2D eigenvalue weighted by Crippen LogP contribution is 2.43. The van der Waals surface area contributed by atoms with Crippen LogP contribution < -0.4 is 14.8 Å². The summed E-state index contributed by atoms with van der Waals surface area (Å²) >= 11 is 0. The van der Waals surface area contributed by atoms with Crippen LogP contribution in [0.15, 0.2) is 34.2 Å². The van der Waals surface area contributed by atoms with Crippen LogP contribution in [-0.2, 0) is 16.1 Å². The second-order valence-electron chi connectivity index (χ2n) is 11.2. The molecule has 4 rings (SSSR count). The predicted octanol–water partition coefficient (Wildman–Crippen LogP) is 4.14. The van der Waals surface area contributed by atoms with Crippen LogP contribution >= 0.6 is 0 Å². The van der Waals surface area contributed by atoms with Gasteiger partial charge in [0, 0.05) is 45.7 Å². The molecule has 0 radical (unpaired) electrons. The lowest BCUT2D eigenvalue weighted by Gasteiger charge is -2.40. The van der Waals surface area contributed by atoms with Crippen LogP contribution in [0.4, 0.5) is 4.39 Å². The fourth-order valence-corrected chi connectivity index (χ4v) is 5.74. The first kappa shape index (κ1) is 28.9. The highest BCUT2D eigenvalue weighted by atomic mass is 19.1. The molecule has 9 heteroatoms. The number of carbonyl (C=O) groups excluding carboxylic acids is 1. The number of nitrogens with zero attached hydrogens (tertiary/aromatic N) is 3. The number of rotatable bonds is 9. The third-order valence-electron chi connectivity index (χ3n) is 7.67. The normalized spacial score (nSPS) is 20.8. The van der Waals surface area contributed by atoms with E-state index >= 15 is 4.39 Å². The van der Waals surface area contributed by atoms with Crippen molar-refractivity contribution in [3.63, 3.8) is 0 Å². The zero-order valence-electron chi connectivity index (χ0n) is 24.4. The number of hydrogen-bond donors (Lipinski definition) is 1. The van der Waals surface area contributed by atoms with Gasteiger partial charge in [-0.15, -0.1) is 0 Å². The number of amidine groups is 1. The van der Waals surface area contributed by atoms with Crippen molar-refractivity contribution in [2.45, 2.75) is 47.6 Å². The van der Waals surface area contributed by atoms with Gasteiger partial charge in [0.1, 0.15) is 11.6 Å². The summed E-state index contributed by atoms with van der Waals surface area (Å²) in [6.07, 6.45) is 2.61. The zero-order valence-corrected chi connectivity index (χ0v) is 24.4. The van der Waals surface area contributed by atoms with Crippen molar-refractivity contribution in [1.82, 2.24) is 15.1 Å². The van der Waals surface area contributed by atoms with Gasteiger partial charge in [0.2, 0.25) is 0 Å². The van der Waals surface area contributed by atoms with Crippen molar-refractivity contribution < 1.29 is 23.4 Å². The van der Waals surface area contributed by atoms with Gasteiger partial charge in [-0.05, 0) is 49.0 Å². The van der Waals surface area contributed by atoms with Gasteiger partial charge in [0.15, 0.2) is 23.1 Å². The van der Waals surface area contributed by atoms with Gasteiger partial charge < -0.3 is 29.3 Å². The molecule has 0 amide bonds. The monoisotopic (exact) mass is 542 g/mol. The maximum Gasteiger partial charge on any atom is 0.197 e. The topological polar surface area (TPSA) is 75.6 Å². The Morgan fingerprint density at radius 2 is 1.87 bits per heavy atom. The summed E-state index contributed by atoms with van der Waals surface area (Å²) < 4.78 is 33.0. The van der Waals surface area contributed by atoms with Crippen LogP contribution in [0.2, 0.25) is 0 Å². The first-order chi connectivity index (χ1) is 18.6. The van der Waals surface area contributed by atoms with E-state index in [4.69, 9.17) is 14.2 Å². The van der Waals surface area contributed by atoms with Crippen LogP contribution in [0.1, 0.15) is 52.2 Å². The van der Waals surface area contributed by atoms with Crippen LogP contribution in [0.3, 0.4) is 0 Å². The Morgan fingerprint density at radius 3 is 2.46 bits per heavy atom. The van der Waals surface area contributed by atoms with Crippen LogP contribution in [-0.4, -0.2) is 81.5 Å². The molecule has 0 spiro atoms. The molecular weight excluding hydrogens is 499 g/mol. The molecule has 214 valence electrons. The van der Waals surface area contributed by atoms with Crippen molar-refractivity contribution in [1.29, 1.82) is 0 Å². The van der Waals surface area contributed by atoms with Crippen molar-refractivity contribution >= 4 is 11.6 Å². The molecule has 1 aliphatic carbocycles. The Kier molecular flexibility index (Phi) is 8.89. The van der Waals surface area contributed by atoms with E-state index in [0.29, 0.717) is 43.3 Å². The smallest absolute Gasteiger partial charge is 0.197 e. The van der Waals surface area contributed by atoms with Gasteiger partial charge >= 0.3 is 0 Å². The van der Waals surface area contributed by atoms with E-state index in [0.717, 1.165) is 48.8 Å². The lowest BCUT2D eigenvalue weighted by molar-refractivity contribution is -0.116.